The quantitative estimate of drug-likeness (QED) is 0.801. The highest BCUT2D eigenvalue weighted by atomic mass is 16.1. The highest BCUT2D eigenvalue weighted by Gasteiger charge is 2.11. The molecule has 0 atom stereocenters. The van der Waals surface area contributed by atoms with E-state index in [0.29, 0.717) is 12.1 Å². The molecule has 0 fully saturated rings. The molecule has 0 saturated heterocycles. The van der Waals surface area contributed by atoms with E-state index < -0.39 is 0 Å². The number of benzene rings is 1. The molecule has 21 heavy (non-hydrogen) atoms. The summed E-state index contributed by atoms with van der Waals surface area (Å²) in [5.74, 6) is -0.116. The van der Waals surface area contributed by atoms with Gasteiger partial charge in [0.25, 0.3) is 5.91 Å². The van der Waals surface area contributed by atoms with Gasteiger partial charge in [0.05, 0.1) is 16.8 Å². The maximum Gasteiger partial charge on any atom is 0.253 e. The lowest BCUT2D eigenvalue weighted by Crippen LogP contribution is -2.24. The maximum atomic E-state index is 12.3. The second-order valence-corrected chi connectivity index (χ2v) is 4.86. The molecule has 0 aliphatic rings. The predicted molar refractivity (Wildman–Crippen MR) is 81.9 cm³/mol. The first-order valence-corrected chi connectivity index (χ1v) is 6.77. The van der Waals surface area contributed by atoms with Gasteiger partial charge in [0.1, 0.15) is 0 Å². The highest BCUT2D eigenvalue weighted by Crippen LogP contribution is 2.16. The van der Waals surface area contributed by atoms with Gasteiger partial charge >= 0.3 is 0 Å². The van der Waals surface area contributed by atoms with E-state index >= 15 is 0 Å². The smallest absolute Gasteiger partial charge is 0.253 e. The van der Waals surface area contributed by atoms with E-state index in [1.165, 1.54) is 0 Å². The molecule has 0 aliphatic heterocycles. The first kappa shape index (κ1) is 13.2. The Morgan fingerprint density at radius 1 is 1.19 bits per heavy atom. The van der Waals surface area contributed by atoms with E-state index in [1.54, 1.807) is 12.4 Å². The first-order valence-electron chi connectivity index (χ1n) is 6.77. The number of para-hydroxylation sites is 1. The Hall–Kier alpha value is -2.75. The minimum atomic E-state index is -0.116. The third-order valence-electron chi connectivity index (χ3n) is 3.34. The maximum absolute atomic E-state index is 12.3. The number of carbonyl (C=O) groups excluding carboxylic acids is 1. The van der Waals surface area contributed by atoms with Crippen molar-refractivity contribution in [1.29, 1.82) is 0 Å². The summed E-state index contributed by atoms with van der Waals surface area (Å²) < 4.78 is 0. The molecule has 2 heterocycles. The van der Waals surface area contributed by atoms with Gasteiger partial charge in [0.15, 0.2) is 0 Å². The molecular formula is C17H15N3O. The van der Waals surface area contributed by atoms with Crippen molar-refractivity contribution >= 4 is 16.8 Å². The fourth-order valence-corrected chi connectivity index (χ4v) is 2.22. The summed E-state index contributed by atoms with van der Waals surface area (Å²) in [5.41, 5.74) is 3.21. The Bertz CT molecular complexity index is 784. The van der Waals surface area contributed by atoms with Crippen LogP contribution >= 0.6 is 0 Å². The lowest BCUT2D eigenvalue weighted by molar-refractivity contribution is 0.0950. The van der Waals surface area contributed by atoms with Crippen molar-refractivity contribution in [3.63, 3.8) is 0 Å². The van der Waals surface area contributed by atoms with Crippen LogP contribution in [0.1, 0.15) is 21.6 Å². The van der Waals surface area contributed by atoms with E-state index in [-0.39, 0.29) is 5.91 Å². The number of carbonyl (C=O) groups is 1. The number of amides is 1. The van der Waals surface area contributed by atoms with Crippen molar-refractivity contribution in [2.45, 2.75) is 13.5 Å². The number of hydrogen-bond donors (Lipinski definition) is 1. The van der Waals surface area contributed by atoms with Crippen LogP contribution in [0.4, 0.5) is 0 Å². The molecule has 0 spiro atoms. The van der Waals surface area contributed by atoms with E-state index in [2.05, 4.69) is 15.3 Å². The minimum Gasteiger partial charge on any atom is -0.348 e. The van der Waals surface area contributed by atoms with Gasteiger partial charge in [-0.15, -0.1) is 0 Å². The van der Waals surface area contributed by atoms with Crippen LogP contribution in [0.2, 0.25) is 0 Å². The Morgan fingerprint density at radius 2 is 2.05 bits per heavy atom. The number of fused-ring (bicyclic) bond motifs is 1. The second-order valence-electron chi connectivity index (χ2n) is 4.86. The Labute approximate surface area is 122 Å². The summed E-state index contributed by atoms with van der Waals surface area (Å²) in [6, 6.07) is 13.5. The van der Waals surface area contributed by atoms with Gasteiger partial charge < -0.3 is 5.32 Å². The molecule has 0 bridgehead atoms. The molecule has 0 unspecified atom stereocenters. The topological polar surface area (TPSA) is 54.9 Å². The van der Waals surface area contributed by atoms with Crippen molar-refractivity contribution in [2.75, 3.05) is 0 Å². The fraction of sp³-hybridized carbons (Fsp3) is 0.118. The van der Waals surface area contributed by atoms with E-state index in [1.807, 2.05) is 49.4 Å². The Kier molecular flexibility index (Phi) is 3.60. The lowest BCUT2D eigenvalue weighted by atomic mass is 10.1. The SMILES string of the molecule is Cc1nc2ccccc2cc1C(=O)NCc1cccnc1. The van der Waals surface area contributed by atoms with Gasteiger partial charge in [0.2, 0.25) is 0 Å². The number of rotatable bonds is 3. The normalized spacial score (nSPS) is 10.5. The van der Waals surface area contributed by atoms with Crippen LogP contribution in [0.25, 0.3) is 10.9 Å². The van der Waals surface area contributed by atoms with Crippen LogP contribution in [0, 0.1) is 6.92 Å². The van der Waals surface area contributed by atoms with Crippen LogP contribution in [0.15, 0.2) is 54.9 Å². The minimum absolute atomic E-state index is 0.116. The Morgan fingerprint density at radius 3 is 2.86 bits per heavy atom. The number of nitrogens with one attached hydrogen (secondary N) is 1. The summed E-state index contributed by atoms with van der Waals surface area (Å²) in [4.78, 5) is 20.8. The largest absolute Gasteiger partial charge is 0.348 e. The van der Waals surface area contributed by atoms with Gasteiger partial charge in [-0.3, -0.25) is 14.8 Å². The molecule has 0 radical (unpaired) electrons. The van der Waals surface area contributed by atoms with Crippen LogP contribution in [0.5, 0.6) is 0 Å². The molecular weight excluding hydrogens is 262 g/mol. The molecule has 0 aliphatic carbocycles. The summed E-state index contributed by atoms with van der Waals surface area (Å²) in [6.07, 6.45) is 3.45. The van der Waals surface area contributed by atoms with Gasteiger partial charge in [-0.2, -0.15) is 0 Å². The monoisotopic (exact) mass is 277 g/mol. The van der Waals surface area contributed by atoms with E-state index in [0.717, 1.165) is 22.2 Å². The predicted octanol–water partition coefficient (Wildman–Crippen LogP) is 2.87. The molecule has 3 aromatic rings. The van der Waals surface area contributed by atoms with Crippen molar-refractivity contribution in [3.8, 4) is 0 Å². The number of aryl methyl sites for hydroxylation is 1. The molecule has 2 aromatic heterocycles. The summed E-state index contributed by atoms with van der Waals surface area (Å²) >= 11 is 0. The zero-order valence-electron chi connectivity index (χ0n) is 11.7. The average molecular weight is 277 g/mol. The van der Waals surface area contributed by atoms with Gasteiger partial charge in [0, 0.05) is 24.3 Å². The summed E-state index contributed by atoms with van der Waals surface area (Å²) in [6.45, 7) is 2.31. The standard InChI is InChI=1S/C17H15N3O/c1-12-15(9-14-6-2-3-7-16(14)20-12)17(21)19-11-13-5-4-8-18-10-13/h2-10H,11H2,1H3,(H,19,21). The van der Waals surface area contributed by atoms with E-state index in [4.69, 9.17) is 0 Å². The number of aromatic nitrogens is 2. The van der Waals surface area contributed by atoms with Crippen LogP contribution in [-0.2, 0) is 6.54 Å². The second kappa shape index (κ2) is 5.71. The van der Waals surface area contributed by atoms with Gasteiger partial charge in [-0.25, -0.2) is 0 Å². The van der Waals surface area contributed by atoms with Crippen LogP contribution in [0.3, 0.4) is 0 Å². The third kappa shape index (κ3) is 2.89. The summed E-state index contributed by atoms with van der Waals surface area (Å²) in [5, 5.41) is 3.87. The molecule has 1 aromatic carbocycles. The fourth-order valence-electron chi connectivity index (χ4n) is 2.22. The number of pyridine rings is 2. The van der Waals surface area contributed by atoms with Crippen molar-refractivity contribution < 1.29 is 4.79 Å². The highest BCUT2D eigenvalue weighted by molar-refractivity contribution is 5.98. The molecule has 4 nitrogen and oxygen atoms in total. The molecule has 1 N–H and O–H groups in total. The van der Waals surface area contributed by atoms with Crippen LogP contribution < -0.4 is 5.32 Å². The zero-order valence-corrected chi connectivity index (χ0v) is 11.7. The Balaban J connectivity index is 1.82. The molecule has 0 saturated carbocycles. The van der Waals surface area contributed by atoms with Crippen LogP contribution in [-0.4, -0.2) is 15.9 Å². The summed E-state index contributed by atoms with van der Waals surface area (Å²) in [7, 11) is 0. The number of hydrogen-bond acceptors (Lipinski definition) is 3. The van der Waals surface area contributed by atoms with Gasteiger partial charge in [-0.05, 0) is 30.7 Å². The molecule has 3 rings (SSSR count). The van der Waals surface area contributed by atoms with Crippen molar-refractivity contribution in [1.82, 2.24) is 15.3 Å². The lowest BCUT2D eigenvalue weighted by Gasteiger charge is -2.08. The zero-order chi connectivity index (χ0) is 14.7. The average Bonchev–Trinajstić information content (AvgIpc) is 2.53. The third-order valence-corrected chi connectivity index (χ3v) is 3.34. The van der Waals surface area contributed by atoms with Crippen molar-refractivity contribution in [3.05, 3.63) is 71.7 Å². The van der Waals surface area contributed by atoms with Gasteiger partial charge in [-0.1, -0.05) is 24.3 Å². The van der Waals surface area contributed by atoms with Crippen molar-refractivity contribution in [2.24, 2.45) is 0 Å². The molecule has 104 valence electrons. The molecule has 1 amide bonds. The molecule has 4 heteroatoms. The van der Waals surface area contributed by atoms with E-state index in [9.17, 15) is 4.79 Å². The first-order chi connectivity index (χ1) is 10.2. The number of nitrogens with zero attached hydrogens (tertiary/aromatic N) is 2.